The van der Waals surface area contributed by atoms with Crippen LogP contribution < -0.4 is 5.32 Å². The van der Waals surface area contributed by atoms with Crippen LogP contribution in [-0.2, 0) is 25.8 Å². The summed E-state index contributed by atoms with van der Waals surface area (Å²) in [4.78, 5) is 9.60. The summed E-state index contributed by atoms with van der Waals surface area (Å²) >= 11 is 0. The highest BCUT2D eigenvalue weighted by atomic mass is 15.3. The molecule has 25 heavy (non-hydrogen) atoms. The molecule has 128 valence electrons. The van der Waals surface area contributed by atoms with Crippen LogP contribution in [0.4, 0.5) is 5.82 Å². The number of hydrogen-bond donors (Lipinski definition) is 1. The van der Waals surface area contributed by atoms with Gasteiger partial charge in [-0.15, -0.1) is 10.2 Å². The van der Waals surface area contributed by atoms with E-state index in [-0.39, 0.29) is 0 Å². The molecular weight excluding hydrogens is 312 g/mol. The van der Waals surface area contributed by atoms with Crippen LogP contribution in [0.5, 0.6) is 0 Å². The van der Waals surface area contributed by atoms with Crippen molar-refractivity contribution in [2.24, 2.45) is 0 Å². The number of benzene rings is 1. The predicted molar refractivity (Wildman–Crippen MR) is 97.4 cm³/mol. The van der Waals surface area contributed by atoms with Crippen LogP contribution in [0, 0.1) is 0 Å². The molecule has 6 nitrogen and oxygen atoms in total. The summed E-state index contributed by atoms with van der Waals surface area (Å²) in [6.07, 6.45) is 5.86. The van der Waals surface area contributed by atoms with E-state index in [1.807, 2.05) is 18.2 Å². The average molecular weight is 334 g/mol. The minimum absolute atomic E-state index is 0.788. The summed E-state index contributed by atoms with van der Waals surface area (Å²) in [5.74, 6) is 2.79. The minimum atomic E-state index is 0.788. The Morgan fingerprint density at radius 2 is 2.00 bits per heavy atom. The molecule has 0 amide bonds. The van der Waals surface area contributed by atoms with Gasteiger partial charge in [0, 0.05) is 36.3 Å². The summed E-state index contributed by atoms with van der Waals surface area (Å²) in [5.41, 5.74) is 3.52. The van der Waals surface area contributed by atoms with Gasteiger partial charge in [0.25, 0.3) is 0 Å². The molecule has 0 atom stereocenters. The molecule has 6 heteroatoms. The molecule has 1 aliphatic carbocycles. The van der Waals surface area contributed by atoms with Gasteiger partial charge in [-0.3, -0.25) is 0 Å². The number of aryl methyl sites for hydroxylation is 2. The van der Waals surface area contributed by atoms with Gasteiger partial charge in [0.15, 0.2) is 5.82 Å². The van der Waals surface area contributed by atoms with Crippen molar-refractivity contribution >= 4 is 5.82 Å². The topological polar surface area (TPSA) is 68.5 Å². The lowest BCUT2D eigenvalue weighted by Gasteiger charge is -2.12. The molecule has 1 aromatic carbocycles. The number of hydrogen-bond acceptors (Lipinski definition) is 5. The van der Waals surface area contributed by atoms with E-state index in [0.717, 1.165) is 61.8 Å². The zero-order valence-corrected chi connectivity index (χ0v) is 14.4. The van der Waals surface area contributed by atoms with Crippen molar-refractivity contribution in [2.45, 2.75) is 39.2 Å². The number of nitrogens with one attached hydrogen (secondary N) is 1. The predicted octanol–water partition coefficient (Wildman–Crippen LogP) is 2.90. The molecule has 0 fully saturated rings. The minimum Gasteiger partial charge on any atom is -0.369 e. The number of fused-ring (bicyclic) bond motifs is 1. The summed E-state index contributed by atoms with van der Waals surface area (Å²) in [6, 6.07) is 10.2. The Balaban J connectivity index is 1.55. The van der Waals surface area contributed by atoms with Gasteiger partial charge in [-0.25, -0.2) is 9.97 Å². The van der Waals surface area contributed by atoms with Crippen LogP contribution in [0.2, 0.25) is 0 Å². The van der Waals surface area contributed by atoms with Gasteiger partial charge in [0.05, 0.1) is 0 Å². The van der Waals surface area contributed by atoms with Crippen molar-refractivity contribution in [3.8, 4) is 11.4 Å². The second kappa shape index (κ2) is 7.01. The van der Waals surface area contributed by atoms with E-state index < -0.39 is 0 Å². The first-order chi connectivity index (χ1) is 12.3. The van der Waals surface area contributed by atoms with Crippen LogP contribution in [0.25, 0.3) is 11.4 Å². The van der Waals surface area contributed by atoms with Crippen LogP contribution in [0.15, 0.2) is 36.7 Å². The number of anilines is 1. The third kappa shape index (κ3) is 3.24. The third-order valence-corrected chi connectivity index (χ3v) is 4.64. The highest BCUT2D eigenvalue weighted by molar-refractivity contribution is 5.60. The maximum absolute atomic E-state index is 4.81. The Kier molecular flexibility index (Phi) is 4.41. The smallest absolute Gasteiger partial charge is 0.161 e. The standard InChI is InChI=1S/C19H22N6/c1-2-25-13-21-24-17(25)11-12-20-19-15-9-6-10-16(15)22-18(23-19)14-7-4-3-5-8-14/h3-5,7-8,13H,2,6,9-12H2,1H3,(H,20,22,23). The second-order valence-electron chi connectivity index (χ2n) is 6.25. The highest BCUT2D eigenvalue weighted by Crippen LogP contribution is 2.29. The zero-order valence-electron chi connectivity index (χ0n) is 14.4. The van der Waals surface area contributed by atoms with Crippen LogP contribution >= 0.6 is 0 Å². The Labute approximate surface area is 147 Å². The quantitative estimate of drug-likeness (QED) is 0.751. The van der Waals surface area contributed by atoms with Crippen molar-refractivity contribution < 1.29 is 0 Å². The largest absolute Gasteiger partial charge is 0.369 e. The van der Waals surface area contributed by atoms with Crippen molar-refractivity contribution in [2.75, 3.05) is 11.9 Å². The summed E-state index contributed by atoms with van der Waals surface area (Å²) in [6.45, 7) is 3.78. The fraction of sp³-hybridized carbons (Fsp3) is 0.368. The van der Waals surface area contributed by atoms with Crippen molar-refractivity contribution in [3.63, 3.8) is 0 Å². The zero-order chi connectivity index (χ0) is 17.1. The monoisotopic (exact) mass is 334 g/mol. The molecule has 0 radical (unpaired) electrons. The normalized spacial score (nSPS) is 13.0. The lowest BCUT2D eigenvalue weighted by molar-refractivity contribution is 0.697. The highest BCUT2D eigenvalue weighted by Gasteiger charge is 2.19. The van der Waals surface area contributed by atoms with E-state index >= 15 is 0 Å². The fourth-order valence-corrected chi connectivity index (χ4v) is 3.32. The van der Waals surface area contributed by atoms with Crippen molar-refractivity contribution in [1.29, 1.82) is 0 Å². The molecule has 0 spiro atoms. The fourth-order valence-electron chi connectivity index (χ4n) is 3.32. The third-order valence-electron chi connectivity index (χ3n) is 4.64. The summed E-state index contributed by atoms with van der Waals surface area (Å²) in [7, 11) is 0. The lowest BCUT2D eigenvalue weighted by Crippen LogP contribution is -2.13. The molecule has 2 heterocycles. The van der Waals surface area contributed by atoms with Crippen molar-refractivity contribution in [1.82, 2.24) is 24.7 Å². The van der Waals surface area contributed by atoms with Gasteiger partial charge in [-0.05, 0) is 26.2 Å². The molecule has 1 N–H and O–H groups in total. The van der Waals surface area contributed by atoms with Gasteiger partial charge >= 0.3 is 0 Å². The Bertz CT molecular complexity index is 856. The molecule has 0 unspecified atom stereocenters. The molecule has 0 bridgehead atoms. The molecule has 1 aliphatic rings. The van der Waals surface area contributed by atoms with Gasteiger partial charge in [0.1, 0.15) is 18.0 Å². The van der Waals surface area contributed by atoms with Gasteiger partial charge in [0.2, 0.25) is 0 Å². The average Bonchev–Trinajstić information content (AvgIpc) is 3.31. The second-order valence-corrected chi connectivity index (χ2v) is 6.25. The van der Waals surface area contributed by atoms with E-state index in [9.17, 15) is 0 Å². The number of rotatable bonds is 6. The lowest BCUT2D eigenvalue weighted by atomic mass is 10.2. The first-order valence-electron chi connectivity index (χ1n) is 8.91. The maximum atomic E-state index is 4.81. The van der Waals surface area contributed by atoms with E-state index in [0.29, 0.717) is 0 Å². The number of aromatic nitrogens is 5. The molecule has 3 aromatic rings. The molecule has 4 rings (SSSR count). The van der Waals surface area contributed by atoms with E-state index in [1.54, 1.807) is 6.33 Å². The van der Waals surface area contributed by atoms with Gasteiger partial charge < -0.3 is 9.88 Å². The Morgan fingerprint density at radius 3 is 2.84 bits per heavy atom. The molecule has 0 saturated carbocycles. The Morgan fingerprint density at radius 1 is 1.12 bits per heavy atom. The first kappa shape index (κ1) is 15.7. The van der Waals surface area contributed by atoms with E-state index in [2.05, 4.69) is 39.1 Å². The van der Waals surface area contributed by atoms with E-state index in [4.69, 9.17) is 9.97 Å². The van der Waals surface area contributed by atoms with Crippen LogP contribution in [-0.4, -0.2) is 31.3 Å². The van der Waals surface area contributed by atoms with Crippen LogP contribution in [0.3, 0.4) is 0 Å². The SMILES string of the molecule is CCn1cnnc1CCNc1nc(-c2ccccc2)nc2c1CCC2. The Hall–Kier alpha value is -2.76. The molecular formula is C19H22N6. The van der Waals surface area contributed by atoms with E-state index in [1.165, 1.54) is 11.3 Å². The van der Waals surface area contributed by atoms with Gasteiger partial charge in [-0.2, -0.15) is 0 Å². The first-order valence-corrected chi connectivity index (χ1v) is 8.91. The van der Waals surface area contributed by atoms with Crippen molar-refractivity contribution in [3.05, 3.63) is 53.7 Å². The van der Waals surface area contributed by atoms with Gasteiger partial charge in [-0.1, -0.05) is 30.3 Å². The summed E-state index contributed by atoms with van der Waals surface area (Å²) < 4.78 is 2.07. The molecule has 2 aromatic heterocycles. The summed E-state index contributed by atoms with van der Waals surface area (Å²) in [5, 5.41) is 11.7. The van der Waals surface area contributed by atoms with Crippen LogP contribution in [0.1, 0.15) is 30.4 Å². The molecule has 0 aliphatic heterocycles. The number of nitrogens with zero attached hydrogens (tertiary/aromatic N) is 5. The molecule has 0 saturated heterocycles. The maximum Gasteiger partial charge on any atom is 0.161 e.